The second-order valence-corrected chi connectivity index (χ2v) is 8.35. The van der Waals surface area contributed by atoms with Crippen LogP contribution < -0.4 is 0 Å². The lowest BCUT2D eigenvalue weighted by atomic mass is 9.93. The van der Waals surface area contributed by atoms with Crippen molar-refractivity contribution in [2.24, 2.45) is 11.8 Å². The summed E-state index contributed by atoms with van der Waals surface area (Å²) in [6.45, 7) is 3.71. The minimum Gasteiger partial charge on any atom is -0.332 e. The van der Waals surface area contributed by atoms with Crippen LogP contribution in [0.4, 0.5) is 0 Å². The van der Waals surface area contributed by atoms with E-state index in [1.807, 2.05) is 13.8 Å². The third kappa shape index (κ3) is 4.56. The van der Waals surface area contributed by atoms with Crippen LogP contribution in [-0.4, -0.2) is 57.5 Å². The number of carbonyl (C=O) groups excluding carboxylic acids is 2. The zero-order chi connectivity index (χ0) is 17.2. The van der Waals surface area contributed by atoms with Gasteiger partial charge in [0.1, 0.15) is 21.8 Å². The lowest BCUT2D eigenvalue weighted by molar-refractivity contribution is -0.159. The van der Waals surface area contributed by atoms with Crippen LogP contribution in [0.3, 0.4) is 0 Å². The zero-order valence-electron chi connectivity index (χ0n) is 13.1. The van der Waals surface area contributed by atoms with Crippen LogP contribution in [0.1, 0.15) is 26.7 Å². The van der Waals surface area contributed by atoms with Crippen molar-refractivity contribution in [3.05, 3.63) is 0 Å². The molecule has 1 fully saturated rings. The van der Waals surface area contributed by atoms with Crippen LogP contribution in [0.15, 0.2) is 0 Å². The van der Waals surface area contributed by atoms with Crippen molar-refractivity contribution < 1.29 is 9.59 Å². The fraction of sp³-hybridized carbons (Fsp3) is 0.857. The van der Waals surface area contributed by atoms with Crippen molar-refractivity contribution in [2.45, 2.75) is 48.4 Å². The smallest absolute Gasteiger partial charge is 0.245 e. The first-order valence-electron chi connectivity index (χ1n) is 7.17. The number of likely N-dealkylation sites (N-methyl/N-ethyl adjacent to an activating group) is 2. The Morgan fingerprint density at radius 1 is 0.818 bits per heavy atom. The maximum absolute atomic E-state index is 12.6. The van der Waals surface area contributed by atoms with E-state index in [4.69, 9.17) is 46.4 Å². The van der Waals surface area contributed by atoms with Gasteiger partial charge in [0, 0.05) is 14.1 Å². The van der Waals surface area contributed by atoms with Crippen LogP contribution in [0.25, 0.3) is 0 Å². The number of piperazine rings is 1. The summed E-state index contributed by atoms with van der Waals surface area (Å²) >= 11 is 23.4. The van der Waals surface area contributed by atoms with E-state index >= 15 is 0 Å². The summed E-state index contributed by atoms with van der Waals surface area (Å²) in [5.41, 5.74) is 0. The van der Waals surface area contributed by atoms with Gasteiger partial charge in [-0.05, 0) is 24.7 Å². The van der Waals surface area contributed by atoms with Gasteiger partial charge in [-0.25, -0.2) is 0 Å². The maximum atomic E-state index is 12.6. The Hall–Kier alpha value is 0.1000. The van der Waals surface area contributed by atoms with Gasteiger partial charge in [0.15, 0.2) is 0 Å². The van der Waals surface area contributed by atoms with Crippen molar-refractivity contribution >= 4 is 58.2 Å². The van der Waals surface area contributed by atoms with Crippen molar-refractivity contribution in [1.82, 2.24) is 9.80 Å². The molecule has 1 aliphatic rings. The number of amides is 2. The number of hydrogen-bond donors (Lipinski definition) is 0. The summed E-state index contributed by atoms with van der Waals surface area (Å²) in [4.78, 5) is 27.0. The first-order chi connectivity index (χ1) is 10.1. The van der Waals surface area contributed by atoms with Crippen LogP contribution in [0, 0.1) is 11.8 Å². The molecule has 0 aromatic rings. The van der Waals surface area contributed by atoms with Gasteiger partial charge in [0.2, 0.25) is 11.8 Å². The fourth-order valence-electron chi connectivity index (χ4n) is 2.54. The molecule has 0 unspecified atom stereocenters. The fourth-order valence-corrected chi connectivity index (χ4v) is 2.95. The number of halogens is 4. The molecule has 2 amide bonds. The third-order valence-electron chi connectivity index (χ3n) is 4.25. The van der Waals surface area contributed by atoms with Crippen molar-refractivity contribution in [1.29, 1.82) is 0 Å². The van der Waals surface area contributed by atoms with E-state index in [2.05, 4.69) is 0 Å². The summed E-state index contributed by atoms with van der Waals surface area (Å²) in [6.07, 6.45) is 0.859. The second-order valence-electron chi connectivity index (χ2n) is 6.02. The Balaban J connectivity index is 2.88. The maximum Gasteiger partial charge on any atom is 0.245 e. The molecule has 8 heteroatoms. The molecule has 0 aromatic heterocycles. The highest BCUT2D eigenvalue weighted by Crippen LogP contribution is 2.29. The Morgan fingerprint density at radius 3 is 1.32 bits per heavy atom. The zero-order valence-corrected chi connectivity index (χ0v) is 16.1. The highest BCUT2D eigenvalue weighted by Gasteiger charge is 2.43. The molecular formula is C14H22Cl4N2O2. The van der Waals surface area contributed by atoms with Crippen LogP contribution in [0.2, 0.25) is 0 Å². The molecule has 4 atom stereocenters. The Morgan fingerprint density at radius 2 is 1.09 bits per heavy atom. The SMILES string of the molecule is C[C@H](C[C@H]1C(=O)N(C)[C@@H](C[C@H](C)C(Cl)Cl)C(=O)N1C)C(Cl)Cl. The number of nitrogens with zero attached hydrogens (tertiary/aromatic N) is 2. The normalized spacial score (nSPS) is 26.1. The molecule has 1 aliphatic heterocycles. The summed E-state index contributed by atoms with van der Waals surface area (Å²) in [5, 5.41) is 0. The molecule has 1 saturated heterocycles. The summed E-state index contributed by atoms with van der Waals surface area (Å²) in [5.74, 6) is -0.403. The van der Waals surface area contributed by atoms with Gasteiger partial charge in [-0.2, -0.15) is 0 Å². The minimum absolute atomic E-state index is 0.0912. The first-order valence-corrected chi connectivity index (χ1v) is 8.92. The van der Waals surface area contributed by atoms with Crippen LogP contribution in [0.5, 0.6) is 0 Å². The van der Waals surface area contributed by atoms with E-state index in [9.17, 15) is 9.59 Å². The molecule has 128 valence electrons. The lowest BCUT2D eigenvalue weighted by Crippen LogP contribution is -2.63. The third-order valence-corrected chi connectivity index (χ3v) is 5.97. The molecule has 0 saturated carbocycles. The predicted octanol–water partition coefficient (Wildman–Crippen LogP) is 3.31. The van der Waals surface area contributed by atoms with Gasteiger partial charge in [-0.1, -0.05) is 13.8 Å². The van der Waals surface area contributed by atoms with Gasteiger partial charge >= 0.3 is 0 Å². The highest BCUT2D eigenvalue weighted by atomic mass is 35.5. The molecule has 0 spiro atoms. The van der Waals surface area contributed by atoms with Gasteiger partial charge in [0.25, 0.3) is 0 Å². The summed E-state index contributed by atoms with van der Waals surface area (Å²) in [7, 11) is 3.28. The lowest BCUT2D eigenvalue weighted by Gasteiger charge is -2.43. The number of alkyl halides is 4. The monoisotopic (exact) mass is 390 g/mol. The van der Waals surface area contributed by atoms with Gasteiger partial charge < -0.3 is 9.80 Å². The minimum atomic E-state index is -0.576. The Kier molecular flexibility index (Phi) is 7.58. The molecule has 0 aromatic carbocycles. The molecule has 0 N–H and O–H groups in total. The van der Waals surface area contributed by atoms with Crippen LogP contribution >= 0.6 is 46.4 Å². The van der Waals surface area contributed by atoms with Crippen molar-refractivity contribution in [3.8, 4) is 0 Å². The molecule has 0 aliphatic carbocycles. The van der Waals surface area contributed by atoms with Gasteiger partial charge in [-0.15, -0.1) is 46.4 Å². The van der Waals surface area contributed by atoms with E-state index < -0.39 is 21.8 Å². The van der Waals surface area contributed by atoms with Crippen LogP contribution in [-0.2, 0) is 9.59 Å². The largest absolute Gasteiger partial charge is 0.332 e. The number of hydrogen-bond acceptors (Lipinski definition) is 2. The van der Waals surface area contributed by atoms with E-state index in [0.29, 0.717) is 12.8 Å². The molecule has 0 bridgehead atoms. The summed E-state index contributed by atoms with van der Waals surface area (Å²) < 4.78 is 0. The van der Waals surface area contributed by atoms with E-state index in [-0.39, 0.29) is 23.7 Å². The predicted molar refractivity (Wildman–Crippen MR) is 91.7 cm³/mol. The first kappa shape index (κ1) is 20.1. The number of carbonyl (C=O) groups is 2. The average molecular weight is 392 g/mol. The molecule has 22 heavy (non-hydrogen) atoms. The molecule has 0 radical (unpaired) electrons. The molecule has 1 rings (SSSR count). The van der Waals surface area contributed by atoms with E-state index in [1.54, 1.807) is 14.1 Å². The van der Waals surface area contributed by atoms with Crippen molar-refractivity contribution in [2.75, 3.05) is 14.1 Å². The molecule has 1 heterocycles. The molecular weight excluding hydrogens is 370 g/mol. The quantitative estimate of drug-likeness (QED) is 0.651. The van der Waals surface area contributed by atoms with Gasteiger partial charge in [0.05, 0.1) is 0 Å². The molecule has 4 nitrogen and oxygen atoms in total. The Bertz CT molecular complexity index is 382. The number of rotatable bonds is 6. The van der Waals surface area contributed by atoms with Crippen molar-refractivity contribution in [3.63, 3.8) is 0 Å². The average Bonchev–Trinajstić information content (AvgIpc) is 2.45. The van der Waals surface area contributed by atoms with Gasteiger partial charge in [-0.3, -0.25) is 9.59 Å². The standard InChI is InChI=1S/C14H22Cl4N2O2/c1-7(11(15)16)5-9-13(21)20(4)10(14(22)19(9)3)6-8(2)12(17)18/h7-12H,5-6H2,1-4H3/t7-,8+,9-,10-/m0/s1. The second kappa shape index (κ2) is 8.27. The summed E-state index contributed by atoms with van der Waals surface area (Å²) in [6, 6.07) is -1.08. The van der Waals surface area contributed by atoms with E-state index in [0.717, 1.165) is 0 Å². The van der Waals surface area contributed by atoms with E-state index in [1.165, 1.54) is 9.80 Å². The highest BCUT2D eigenvalue weighted by molar-refractivity contribution is 6.44. The topological polar surface area (TPSA) is 40.6 Å². The Labute approximate surface area is 152 Å².